The molecule has 0 radical (unpaired) electrons. The Hall–Kier alpha value is -1.73. The average Bonchev–Trinajstić information content (AvgIpc) is 3.13. The summed E-state index contributed by atoms with van der Waals surface area (Å²) in [5, 5.41) is 8.45. The largest absolute Gasteiger partial charge is 0.350 e. The molecule has 118 valence electrons. The number of hydrogen-bond donors (Lipinski definition) is 2. The minimum Gasteiger partial charge on any atom is -0.350 e. The molecule has 0 saturated carbocycles. The van der Waals surface area contributed by atoms with Gasteiger partial charge in [-0.05, 0) is 31.2 Å². The van der Waals surface area contributed by atoms with Crippen molar-refractivity contribution in [2.45, 2.75) is 26.7 Å². The van der Waals surface area contributed by atoms with Gasteiger partial charge in [-0.3, -0.25) is 9.59 Å². The summed E-state index contributed by atoms with van der Waals surface area (Å²) in [5.41, 5.74) is 0.772. The van der Waals surface area contributed by atoms with Crippen molar-refractivity contribution in [1.82, 2.24) is 15.6 Å². The molecule has 2 aromatic rings. The zero-order chi connectivity index (χ0) is 15.9. The van der Waals surface area contributed by atoms with Crippen molar-refractivity contribution in [3.8, 4) is 0 Å². The lowest BCUT2D eigenvalue weighted by Gasteiger charge is -2.05. The fourth-order valence-electron chi connectivity index (χ4n) is 1.91. The van der Waals surface area contributed by atoms with Crippen LogP contribution in [0.5, 0.6) is 0 Å². The van der Waals surface area contributed by atoms with E-state index in [4.69, 9.17) is 0 Å². The third-order valence-electron chi connectivity index (χ3n) is 2.95. The van der Waals surface area contributed by atoms with Crippen LogP contribution in [0.3, 0.4) is 0 Å². The van der Waals surface area contributed by atoms with Gasteiger partial charge >= 0.3 is 0 Å². The maximum absolute atomic E-state index is 12.1. The van der Waals surface area contributed by atoms with Gasteiger partial charge in [-0.25, -0.2) is 4.98 Å². The zero-order valence-electron chi connectivity index (χ0n) is 12.6. The first-order valence-corrected chi connectivity index (χ1v) is 8.87. The molecule has 0 bridgehead atoms. The number of nitrogens with zero attached hydrogens (tertiary/aromatic N) is 1. The molecule has 0 atom stereocenters. The number of amides is 2. The van der Waals surface area contributed by atoms with Gasteiger partial charge in [0, 0.05) is 13.1 Å². The molecule has 0 unspecified atom stereocenters. The van der Waals surface area contributed by atoms with E-state index in [9.17, 15) is 9.59 Å². The third kappa shape index (κ3) is 4.38. The molecule has 2 heterocycles. The van der Waals surface area contributed by atoms with E-state index in [1.807, 2.05) is 18.4 Å². The van der Waals surface area contributed by atoms with Crippen LogP contribution in [0.15, 0.2) is 17.5 Å². The van der Waals surface area contributed by atoms with E-state index in [2.05, 4.69) is 22.5 Å². The summed E-state index contributed by atoms with van der Waals surface area (Å²) in [4.78, 5) is 29.6. The lowest BCUT2D eigenvalue weighted by molar-refractivity contribution is 0.0931. The minimum absolute atomic E-state index is 0.108. The number of hydrogen-bond acceptors (Lipinski definition) is 5. The minimum atomic E-state index is -0.122. The predicted molar refractivity (Wildman–Crippen MR) is 89.8 cm³/mol. The molecule has 0 saturated heterocycles. The summed E-state index contributed by atoms with van der Waals surface area (Å²) in [6, 6.07) is 3.61. The maximum atomic E-state index is 12.1. The third-order valence-corrected chi connectivity index (χ3v) is 5.04. The first-order chi connectivity index (χ1) is 10.6. The van der Waals surface area contributed by atoms with Crippen LogP contribution in [0.2, 0.25) is 0 Å². The molecule has 2 N–H and O–H groups in total. The number of aromatic nitrogens is 1. The summed E-state index contributed by atoms with van der Waals surface area (Å²) in [6.45, 7) is 4.74. The molecule has 0 aliphatic heterocycles. The molecule has 22 heavy (non-hydrogen) atoms. The summed E-state index contributed by atoms with van der Waals surface area (Å²) in [7, 11) is 0. The number of rotatable bonds is 7. The highest BCUT2D eigenvalue weighted by Gasteiger charge is 2.14. The van der Waals surface area contributed by atoms with E-state index in [1.165, 1.54) is 22.7 Å². The molecule has 0 aliphatic rings. The maximum Gasteiger partial charge on any atom is 0.263 e. The number of carbonyl (C=O) groups excluding carboxylic acids is 2. The van der Waals surface area contributed by atoms with Gasteiger partial charge < -0.3 is 10.6 Å². The molecule has 5 nitrogen and oxygen atoms in total. The molecule has 0 aliphatic carbocycles. The van der Waals surface area contributed by atoms with Crippen LogP contribution in [0.4, 0.5) is 0 Å². The number of thiophene rings is 1. The second-order valence-corrected chi connectivity index (χ2v) is 6.79. The van der Waals surface area contributed by atoms with Crippen molar-refractivity contribution in [2.24, 2.45) is 0 Å². The van der Waals surface area contributed by atoms with Gasteiger partial charge in [0.1, 0.15) is 4.88 Å². The Balaban J connectivity index is 1.77. The van der Waals surface area contributed by atoms with E-state index in [0.717, 1.165) is 23.5 Å². The Kier molecular flexibility index (Phi) is 6.09. The molecule has 7 heteroatoms. The highest BCUT2D eigenvalue weighted by Crippen LogP contribution is 2.19. The summed E-state index contributed by atoms with van der Waals surface area (Å²) < 4.78 is 0. The van der Waals surface area contributed by atoms with E-state index in [-0.39, 0.29) is 11.8 Å². The smallest absolute Gasteiger partial charge is 0.263 e. The molecule has 2 rings (SSSR count). The molecule has 0 aromatic carbocycles. The van der Waals surface area contributed by atoms with E-state index in [0.29, 0.717) is 22.8 Å². The predicted octanol–water partition coefficient (Wildman–Crippen LogP) is 2.63. The van der Waals surface area contributed by atoms with Gasteiger partial charge in [0.2, 0.25) is 0 Å². The van der Waals surface area contributed by atoms with Crippen LogP contribution in [0.25, 0.3) is 0 Å². The van der Waals surface area contributed by atoms with Crippen LogP contribution in [0.1, 0.15) is 43.4 Å². The number of nitrogens with one attached hydrogen (secondary N) is 2. The van der Waals surface area contributed by atoms with Crippen LogP contribution >= 0.6 is 22.7 Å². The molecule has 2 amide bonds. The normalized spacial score (nSPS) is 10.5. The first-order valence-electron chi connectivity index (χ1n) is 7.18. The Bertz CT molecular complexity index is 635. The molecular weight excluding hydrogens is 318 g/mol. The monoisotopic (exact) mass is 337 g/mol. The quantitative estimate of drug-likeness (QED) is 0.763. The highest BCUT2D eigenvalue weighted by atomic mass is 32.1. The van der Waals surface area contributed by atoms with Gasteiger partial charge in [0.25, 0.3) is 11.8 Å². The van der Waals surface area contributed by atoms with Gasteiger partial charge in [-0.15, -0.1) is 22.7 Å². The number of aryl methyl sites for hydroxylation is 2. The Morgan fingerprint density at radius 1 is 1.23 bits per heavy atom. The summed E-state index contributed by atoms with van der Waals surface area (Å²) in [6.07, 6.45) is 1.92. The number of thiazole rings is 1. The van der Waals surface area contributed by atoms with Crippen molar-refractivity contribution < 1.29 is 9.59 Å². The lowest BCUT2D eigenvalue weighted by Crippen LogP contribution is -2.34. The fourth-order valence-corrected chi connectivity index (χ4v) is 3.63. The van der Waals surface area contributed by atoms with E-state index in [1.54, 1.807) is 6.07 Å². The van der Waals surface area contributed by atoms with Crippen LogP contribution in [-0.2, 0) is 6.42 Å². The molecule has 0 spiro atoms. The van der Waals surface area contributed by atoms with Crippen molar-refractivity contribution in [2.75, 3.05) is 13.1 Å². The van der Waals surface area contributed by atoms with E-state index < -0.39 is 0 Å². The SMILES string of the molecule is CCCc1nc(C)c(C(=O)NCCNC(=O)c2cccs2)s1. The Labute approximate surface area is 137 Å². The van der Waals surface area contributed by atoms with Gasteiger partial charge in [-0.1, -0.05) is 13.0 Å². The molecule has 0 fully saturated rings. The van der Waals surface area contributed by atoms with Crippen molar-refractivity contribution in [1.29, 1.82) is 0 Å². The Morgan fingerprint density at radius 3 is 2.59 bits per heavy atom. The Morgan fingerprint density at radius 2 is 1.95 bits per heavy atom. The van der Waals surface area contributed by atoms with Crippen molar-refractivity contribution >= 4 is 34.5 Å². The fraction of sp³-hybridized carbons (Fsp3) is 0.400. The number of carbonyl (C=O) groups is 2. The average molecular weight is 337 g/mol. The van der Waals surface area contributed by atoms with Crippen LogP contribution in [-0.4, -0.2) is 29.9 Å². The second-order valence-electron chi connectivity index (χ2n) is 4.76. The van der Waals surface area contributed by atoms with E-state index >= 15 is 0 Å². The van der Waals surface area contributed by atoms with Crippen LogP contribution < -0.4 is 10.6 Å². The molecule has 2 aromatic heterocycles. The zero-order valence-corrected chi connectivity index (χ0v) is 14.3. The van der Waals surface area contributed by atoms with Gasteiger partial charge in [-0.2, -0.15) is 0 Å². The molecular formula is C15H19N3O2S2. The van der Waals surface area contributed by atoms with Crippen LogP contribution in [0, 0.1) is 6.92 Å². The second kappa shape index (κ2) is 8.05. The topological polar surface area (TPSA) is 71.1 Å². The summed E-state index contributed by atoms with van der Waals surface area (Å²) >= 11 is 2.84. The first kappa shape index (κ1) is 16.6. The standard InChI is InChI=1S/C15H19N3O2S2/c1-3-5-12-18-10(2)13(22-12)15(20)17-8-7-16-14(19)11-6-4-9-21-11/h4,6,9H,3,5,7-8H2,1-2H3,(H,16,19)(H,17,20). The summed E-state index contributed by atoms with van der Waals surface area (Å²) in [5.74, 6) is -0.230. The van der Waals surface area contributed by atoms with Crippen molar-refractivity contribution in [3.63, 3.8) is 0 Å². The van der Waals surface area contributed by atoms with Gasteiger partial charge in [0.05, 0.1) is 15.6 Å². The lowest BCUT2D eigenvalue weighted by atomic mass is 10.3. The van der Waals surface area contributed by atoms with Crippen molar-refractivity contribution in [3.05, 3.63) is 38.0 Å². The highest BCUT2D eigenvalue weighted by molar-refractivity contribution is 7.13. The van der Waals surface area contributed by atoms with Gasteiger partial charge in [0.15, 0.2) is 0 Å².